The number of anilines is 2. The van der Waals surface area contributed by atoms with Crippen molar-refractivity contribution < 1.29 is 27.9 Å². The number of pyridine rings is 1. The molecule has 3 aliphatic heterocycles. The quantitative estimate of drug-likeness (QED) is 0.505. The van der Waals surface area contributed by atoms with Gasteiger partial charge in [0.2, 0.25) is 0 Å². The molecule has 2 atom stereocenters. The Kier molecular flexibility index (Phi) is 5.84. The number of carbonyl (C=O) groups is 2. The van der Waals surface area contributed by atoms with Gasteiger partial charge in [-0.05, 0) is 86.8 Å². The molecular weight excluding hydrogens is 531 g/mol. The topological polar surface area (TPSA) is 101 Å². The molecule has 4 heterocycles. The summed E-state index contributed by atoms with van der Waals surface area (Å²) in [5, 5.41) is 18.7. The van der Waals surface area contributed by atoms with Crippen molar-refractivity contribution in [1.82, 2.24) is 9.88 Å². The van der Waals surface area contributed by atoms with E-state index in [1.807, 2.05) is 24.3 Å². The number of carboxylic acid groups (broad SMARTS) is 1. The van der Waals surface area contributed by atoms with Crippen molar-refractivity contribution in [3.05, 3.63) is 53.3 Å². The molecular formula is C27H24F3N5O3S. The Morgan fingerprint density at radius 2 is 1.77 bits per heavy atom. The van der Waals surface area contributed by atoms with E-state index in [1.165, 1.54) is 6.07 Å². The van der Waals surface area contributed by atoms with Gasteiger partial charge in [-0.1, -0.05) is 12.1 Å². The summed E-state index contributed by atoms with van der Waals surface area (Å²) in [5.74, 6) is -0.181. The zero-order chi connectivity index (χ0) is 27.7. The first kappa shape index (κ1) is 25.6. The fourth-order valence-electron chi connectivity index (χ4n) is 6.75. The number of fused-ring (bicyclic) bond motifs is 2. The van der Waals surface area contributed by atoms with Gasteiger partial charge in [0, 0.05) is 17.8 Å². The molecule has 202 valence electrons. The number of alkyl halides is 3. The molecule has 1 N–H and O–H groups in total. The molecule has 1 saturated carbocycles. The number of carbonyl (C=O) groups excluding carboxylic acids is 1. The molecule has 2 amide bonds. The minimum Gasteiger partial charge on any atom is -0.465 e. The minimum atomic E-state index is -4.82. The summed E-state index contributed by atoms with van der Waals surface area (Å²) >= 11 is 5.68. The molecule has 2 aromatic rings. The van der Waals surface area contributed by atoms with Crippen LogP contribution in [0.2, 0.25) is 0 Å². The number of aromatic nitrogens is 1. The Bertz CT molecular complexity index is 1410. The lowest BCUT2D eigenvalue weighted by Crippen LogP contribution is -2.55. The van der Waals surface area contributed by atoms with Crippen molar-refractivity contribution in [2.75, 3.05) is 9.80 Å². The van der Waals surface area contributed by atoms with E-state index < -0.39 is 35.0 Å². The summed E-state index contributed by atoms with van der Waals surface area (Å²) in [6, 6.07) is 9.95. The van der Waals surface area contributed by atoms with Crippen molar-refractivity contribution in [2.24, 2.45) is 0 Å². The Morgan fingerprint density at radius 3 is 2.28 bits per heavy atom. The van der Waals surface area contributed by atoms with Crippen molar-refractivity contribution in [3.63, 3.8) is 0 Å². The number of hydrogen-bond acceptors (Lipinski definition) is 5. The Hall–Kier alpha value is -3.72. The van der Waals surface area contributed by atoms with Gasteiger partial charge in [-0.2, -0.15) is 18.4 Å². The number of nitriles is 1. The largest absolute Gasteiger partial charge is 0.465 e. The van der Waals surface area contributed by atoms with Crippen LogP contribution in [0.15, 0.2) is 36.5 Å². The summed E-state index contributed by atoms with van der Waals surface area (Å²) in [7, 11) is 0. The van der Waals surface area contributed by atoms with Gasteiger partial charge in [0.15, 0.2) is 10.8 Å². The third-order valence-electron chi connectivity index (χ3n) is 8.71. The highest BCUT2D eigenvalue weighted by atomic mass is 32.1. The molecule has 4 aliphatic rings. The van der Waals surface area contributed by atoms with Gasteiger partial charge in [0.25, 0.3) is 5.91 Å². The summed E-state index contributed by atoms with van der Waals surface area (Å²) in [5.41, 5.74) is -1.33. The van der Waals surface area contributed by atoms with E-state index in [2.05, 4.69) is 4.98 Å². The number of benzene rings is 1. The van der Waals surface area contributed by atoms with Gasteiger partial charge >= 0.3 is 12.3 Å². The maximum absolute atomic E-state index is 13.7. The van der Waals surface area contributed by atoms with Crippen molar-refractivity contribution in [2.45, 2.75) is 74.7 Å². The maximum atomic E-state index is 13.7. The second-order valence-corrected chi connectivity index (χ2v) is 11.0. The molecule has 8 nitrogen and oxygen atoms in total. The molecule has 1 spiro atoms. The van der Waals surface area contributed by atoms with Gasteiger partial charge in [0.05, 0.1) is 17.4 Å². The number of piperidine rings is 1. The Balaban J connectivity index is 1.30. The van der Waals surface area contributed by atoms with Crippen LogP contribution in [0.5, 0.6) is 0 Å². The second kappa shape index (κ2) is 8.91. The average Bonchev–Trinajstić information content (AvgIpc) is 3.29. The fraction of sp³-hybridized carbons (Fsp3) is 0.444. The number of halogens is 3. The number of thiocarbonyl (C=S) groups is 1. The first-order valence-corrected chi connectivity index (χ1v) is 13.2. The molecule has 12 heteroatoms. The van der Waals surface area contributed by atoms with E-state index in [4.69, 9.17) is 17.5 Å². The van der Waals surface area contributed by atoms with Crippen LogP contribution in [0.1, 0.15) is 67.7 Å². The molecule has 1 aromatic heterocycles. The number of amides is 2. The number of nitrogens with zero attached hydrogens (tertiary/aromatic N) is 5. The lowest BCUT2D eigenvalue weighted by molar-refractivity contribution is -0.138. The lowest BCUT2D eigenvalue weighted by Gasteiger charge is -2.43. The van der Waals surface area contributed by atoms with Gasteiger partial charge in [-0.3, -0.25) is 9.69 Å². The Morgan fingerprint density at radius 1 is 1.13 bits per heavy atom. The van der Waals surface area contributed by atoms with Crippen molar-refractivity contribution >= 4 is 40.7 Å². The highest BCUT2D eigenvalue weighted by Crippen LogP contribution is 2.49. The average molecular weight is 556 g/mol. The molecule has 4 fully saturated rings. The monoisotopic (exact) mass is 555 g/mol. The molecule has 6 rings (SSSR count). The molecule has 1 aromatic carbocycles. The molecule has 2 bridgehead atoms. The minimum absolute atomic E-state index is 0.0177. The van der Waals surface area contributed by atoms with Crippen molar-refractivity contribution in [3.8, 4) is 6.07 Å². The van der Waals surface area contributed by atoms with E-state index in [9.17, 15) is 27.9 Å². The second-order valence-electron chi connectivity index (χ2n) is 10.7. The van der Waals surface area contributed by atoms with Crippen LogP contribution >= 0.6 is 12.2 Å². The van der Waals surface area contributed by atoms with Crippen molar-refractivity contribution in [1.29, 1.82) is 5.26 Å². The number of hydrogen-bond donors (Lipinski definition) is 1. The first-order chi connectivity index (χ1) is 18.5. The first-order valence-electron chi connectivity index (χ1n) is 12.8. The SMILES string of the molecule is N#Cc1ncc(N2C(=O)C3(CCC3)N(c3ccc(C4CC5CCC(C4)N5C(=O)O)cc3)C2=S)cc1C(F)(F)F. The van der Waals surface area contributed by atoms with Crippen LogP contribution in [0, 0.1) is 11.3 Å². The zero-order valence-electron chi connectivity index (χ0n) is 20.7. The van der Waals surface area contributed by atoms with Crippen LogP contribution in [0.4, 0.5) is 29.3 Å². The van der Waals surface area contributed by atoms with Crippen LogP contribution in [0.3, 0.4) is 0 Å². The molecule has 0 radical (unpaired) electrons. The third-order valence-corrected chi connectivity index (χ3v) is 9.08. The predicted octanol–water partition coefficient (Wildman–Crippen LogP) is 5.42. The van der Waals surface area contributed by atoms with Gasteiger partial charge in [0.1, 0.15) is 11.6 Å². The van der Waals surface area contributed by atoms with Gasteiger partial charge < -0.3 is 14.9 Å². The smallest absolute Gasteiger partial charge is 0.419 e. The van der Waals surface area contributed by atoms with E-state index in [-0.39, 0.29) is 28.8 Å². The van der Waals surface area contributed by atoms with Crippen LogP contribution in [-0.4, -0.2) is 49.7 Å². The molecule has 3 saturated heterocycles. The maximum Gasteiger partial charge on any atom is 0.419 e. The highest BCUT2D eigenvalue weighted by molar-refractivity contribution is 7.81. The Labute approximate surface area is 227 Å². The molecule has 1 aliphatic carbocycles. The van der Waals surface area contributed by atoms with E-state index >= 15 is 0 Å². The number of rotatable bonds is 3. The normalized spacial score (nSPS) is 25.7. The summed E-state index contributed by atoms with van der Waals surface area (Å²) in [6.07, 6.45) is 0.453. The zero-order valence-corrected chi connectivity index (χ0v) is 21.5. The van der Waals surface area contributed by atoms with E-state index in [0.717, 1.165) is 54.8 Å². The predicted molar refractivity (Wildman–Crippen MR) is 138 cm³/mol. The lowest BCUT2D eigenvalue weighted by atomic mass is 9.75. The third kappa shape index (κ3) is 3.85. The van der Waals surface area contributed by atoms with Crippen LogP contribution in [-0.2, 0) is 11.0 Å². The van der Waals surface area contributed by atoms with Crippen LogP contribution < -0.4 is 9.80 Å². The van der Waals surface area contributed by atoms with Gasteiger partial charge in [-0.25, -0.2) is 9.78 Å². The summed E-state index contributed by atoms with van der Waals surface area (Å²) in [4.78, 5) is 33.4. The highest BCUT2D eigenvalue weighted by Gasteiger charge is 2.59. The molecule has 39 heavy (non-hydrogen) atoms. The summed E-state index contributed by atoms with van der Waals surface area (Å²) < 4.78 is 40.8. The summed E-state index contributed by atoms with van der Waals surface area (Å²) in [6.45, 7) is 0. The standard InChI is InChI=1S/C27H24F3N5O3S/c28-27(29,30)21-12-20(14-32-22(21)13-31)34-23(36)26(8-1-9-26)35(24(34)39)17-4-2-15(3-5-17)16-10-18-6-7-19(11-16)33(18)25(37)38/h2-5,12,14,16,18-19H,1,6-11H2,(H,37,38). The van der Waals surface area contributed by atoms with Gasteiger partial charge in [-0.15, -0.1) is 0 Å². The molecule has 2 unspecified atom stereocenters. The van der Waals surface area contributed by atoms with Crippen LogP contribution in [0.25, 0.3) is 0 Å². The van der Waals surface area contributed by atoms with E-state index in [0.29, 0.717) is 18.5 Å². The fourth-order valence-corrected chi connectivity index (χ4v) is 7.21. The van der Waals surface area contributed by atoms with E-state index in [1.54, 1.807) is 9.80 Å².